The first-order valence-electron chi connectivity index (χ1n) is 5.74. The molecule has 90 valence electrons. The van der Waals surface area contributed by atoms with Crippen LogP contribution in [-0.2, 0) is 6.54 Å². The Labute approximate surface area is 106 Å². The molecule has 2 rings (SSSR count). The summed E-state index contributed by atoms with van der Waals surface area (Å²) >= 11 is 5.85. The molecular formula is C13H16ClN3. The lowest BCUT2D eigenvalue weighted by molar-refractivity contribution is 0.602. The Morgan fingerprint density at radius 3 is 2.65 bits per heavy atom. The molecule has 3 nitrogen and oxygen atoms in total. The summed E-state index contributed by atoms with van der Waals surface area (Å²) in [6.45, 7) is 3.05. The Kier molecular flexibility index (Phi) is 3.82. The fraction of sp³-hybridized carbons (Fsp3) is 0.308. The molecule has 0 bridgehead atoms. The van der Waals surface area contributed by atoms with E-state index in [4.69, 9.17) is 17.3 Å². The molecule has 0 aliphatic rings. The number of benzene rings is 1. The van der Waals surface area contributed by atoms with Crippen LogP contribution in [0.1, 0.15) is 30.5 Å². The molecule has 2 aromatic rings. The van der Waals surface area contributed by atoms with E-state index in [0.29, 0.717) is 0 Å². The van der Waals surface area contributed by atoms with Crippen LogP contribution in [0.15, 0.2) is 36.7 Å². The standard InChI is InChI=1S/C13H16ClN3/c1-2-7-17-9-11(8-16-17)13(15)10-3-5-12(14)6-4-10/h3-6,8-9,13H,2,7,15H2,1H3. The van der Waals surface area contributed by atoms with E-state index in [1.807, 2.05) is 41.3 Å². The van der Waals surface area contributed by atoms with Crippen LogP contribution in [0.25, 0.3) is 0 Å². The SMILES string of the molecule is CCCn1cc(C(N)c2ccc(Cl)cc2)cn1. The molecule has 17 heavy (non-hydrogen) atoms. The average Bonchev–Trinajstić information content (AvgIpc) is 2.78. The van der Waals surface area contributed by atoms with Gasteiger partial charge >= 0.3 is 0 Å². The molecule has 1 heterocycles. The van der Waals surface area contributed by atoms with Gasteiger partial charge in [-0.1, -0.05) is 30.7 Å². The van der Waals surface area contributed by atoms with Crippen molar-refractivity contribution in [3.8, 4) is 0 Å². The maximum Gasteiger partial charge on any atom is 0.0582 e. The van der Waals surface area contributed by atoms with E-state index in [0.717, 1.165) is 29.1 Å². The number of hydrogen-bond acceptors (Lipinski definition) is 2. The van der Waals surface area contributed by atoms with Gasteiger partial charge < -0.3 is 5.73 Å². The van der Waals surface area contributed by atoms with E-state index < -0.39 is 0 Å². The maximum atomic E-state index is 6.18. The monoisotopic (exact) mass is 249 g/mol. The molecule has 4 heteroatoms. The minimum Gasteiger partial charge on any atom is -0.320 e. The molecule has 1 atom stereocenters. The largest absolute Gasteiger partial charge is 0.320 e. The van der Waals surface area contributed by atoms with Crippen LogP contribution >= 0.6 is 11.6 Å². The van der Waals surface area contributed by atoms with Crippen LogP contribution in [0.2, 0.25) is 5.02 Å². The van der Waals surface area contributed by atoms with Crippen LogP contribution < -0.4 is 5.73 Å². The van der Waals surface area contributed by atoms with Crippen molar-refractivity contribution in [3.05, 3.63) is 52.8 Å². The average molecular weight is 250 g/mol. The molecule has 2 N–H and O–H groups in total. The summed E-state index contributed by atoms with van der Waals surface area (Å²) in [4.78, 5) is 0. The first-order valence-corrected chi connectivity index (χ1v) is 6.12. The van der Waals surface area contributed by atoms with E-state index in [1.165, 1.54) is 0 Å². The molecule has 1 unspecified atom stereocenters. The Morgan fingerprint density at radius 2 is 2.00 bits per heavy atom. The van der Waals surface area contributed by atoms with Gasteiger partial charge in [0.05, 0.1) is 12.2 Å². The molecule has 0 saturated carbocycles. The predicted octanol–water partition coefficient (Wildman–Crippen LogP) is 2.99. The van der Waals surface area contributed by atoms with Gasteiger partial charge in [-0.3, -0.25) is 4.68 Å². The summed E-state index contributed by atoms with van der Waals surface area (Å²) in [5.74, 6) is 0. The Bertz CT molecular complexity index is 476. The van der Waals surface area contributed by atoms with Crippen molar-refractivity contribution < 1.29 is 0 Å². The molecule has 0 aliphatic carbocycles. The number of nitrogens with two attached hydrogens (primary N) is 1. The number of rotatable bonds is 4. The topological polar surface area (TPSA) is 43.8 Å². The second kappa shape index (κ2) is 5.34. The first-order chi connectivity index (χ1) is 8.20. The van der Waals surface area contributed by atoms with Gasteiger partial charge in [0.2, 0.25) is 0 Å². The normalized spacial score (nSPS) is 12.6. The van der Waals surface area contributed by atoms with Crippen molar-refractivity contribution in [3.63, 3.8) is 0 Å². The molecule has 0 spiro atoms. The Balaban J connectivity index is 2.18. The summed E-state index contributed by atoms with van der Waals surface area (Å²) < 4.78 is 1.92. The quantitative estimate of drug-likeness (QED) is 0.905. The molecule has 0 amide bonds. The molecular weight excluding hydrogens is 234 g/mol. The zero-order chi connectivity index (χ0) is 12.3. The van der Waals surface area contributed by atoms with E-state index in [1.54, 1.807) is 0 Å². The summed E-state index contributed by atoms with van der Waals surface area (Å²) in [6.07, 6.45) is 4.90. The van der Waals surface area contributed by atoms with E-state index in [9.17, 15) is 0 Å². The molecule has 0 saturated heterocycles. The van der Waals surface area contributed by atoms with Crippen LogP contribution in [0.3, 0.4) is 0 Å². The van der Waals surface area contributed by atoms with Crippen molar-refractivity contribution in [2.45, 2.75) is 25.9 Å². The number of nitrogens with zero attached hydrogens (tertiary/aromatic N) is 2. The number of aryl methyl sites for hydroxylation is 1. The number of hydrogen-bond donors (Lipinski definition) is 1. The summed E-state index contributed by atoms with van der Waals surface area (Å²) in [7, 11) is 0. The van der Waals surface area contributed by atoms with Gasteiger partial charge in [0.15, 0.2) is 0 Å². The molecule has 1 aromatic heterocycles. The minimum atomic E-state index is -0.141. The van der Waals surface area contributed by atoms with Crippen LogP contribution in [0, 0.1) is 0 Å². The van der Waals surface area contributed by atoms with Crippen LogP contribution in [-0.4, -0.2) is 9.78 Å². The second-order valence-corrected chi connectivity index (χ2v) is 4.50. The third-order valence-electron chi connectivity index (χ3n) is 2.69. The van der Waals surface area contributed by atoms with Gasteiger partial charge in [-0.05, 0) is 24.1 Å². The van der Waals surface area contributed by atoms with E-state index in [-0.39, 0.29) is 6.04 Å². The first kappa shape index (κ1) is 12.1. The van der Waals surface area contributed by atoms with Gasteiger partial charge in [0, 0.05) is 23.3 Å². The van der Waals surface area contributed by atoms with Crippen molar-refractivity contribution >= 4 is 11.6 Å². The van der Waals surface area contributed by atoms with E-state index in [2.05, 4.69) is 12.0 Å². The number of aromatic nitrogens is 2. The van der Waals surface area contributed by atoms with E-state index >= 15 is 0 Å². The predicted molar refractivity (Wildman–Crippen MR) is 70.0 cm³/mol. The molecule has 0 aliphatic heterocycles. The zero-order valence-electron chi connectivity index (χ0n) is 9.81. The highest BCUT2D eigenvalue weighted by Gasteiger charge is 2.10. The third kappa shape index (κ3) is 2.87. The van der Waals surface area contributed by atoms with Crippen molar-refractivity contribution in [2.75, 3.05) is 0 Å². The molecule has 0 radical (unpaired) electrons. The summed E-state index contributed by atoms with van der Waals surface area (Å²) in [6, 6.07) is 7.47. The third-order valence-corrected chi connectivity index (χ3v) is 2.95. The Morgan fingerprint density at radius 1 is 1.29 bits per heavy atom. The van der Waals surface area contributed by atoms with Crippen LogP contribution in [0.4, 0.5) is 0 Å². The van der Waals surface area contributed by atoms with Gasteiger partial charge in [-0.25, -0.2) is 0 Å². The summed E-state index contributed by atoms with van der Waals surface area (Å²) in [5, 5.41) is 5.01. The fourth-order valence-electron chi connectivity index (χ4n) is 1.75. The fourth-order valence-corrected chi connectivity index (χ4v) is 1.88. The highest BCUT2D eigenvalue weighted by molar-refractivity contribution is 6.30. The van der Waals surface area contributed by atoms with Crippen molar-refractivity contribution in [1.29, 1.82) is 0 Å². The van der Waals surface area contributed by atoms with Crippen LogP contribution in [0.5, 0.6) is 0 Å². The van der Waals surface area contributed by atoms with Gasteiger partial charge in [0.25, 0.3) is 0 Å². The highest BCUT2D eigenvalue weighted by atomic mass is 35.5. The number of halogens is 1. The van der Waals surface area contributed by atoms with Gasteiger partial charge in [0.1, 0.15) is 0 Å². The Hall–Kier alpha value is -1.32. The maximum absolute atomic E-state index is 6.18. The minimum absolute atomic E-state index is 0.141. The lowest BCUT2D eigenvalue weighted by Gasteiger charge is -2.09. The van der Waals surface area contributed by atoms with Gasteiger partial charge in [-0.2, -0.15) is 5.10 Å². The lowest BCUT2D eigenvalue weighted by Crippen LogP contribution is -2.10. The van der Waals surface area contributed by atoms with Crippen molar-refractivity contribution in [2.24, 2.45) is 5.73 Å². The molecule has 0 fully saturated rings. The zero-order valence-corrected chi connectivity index (χ0v) is 10.6. The van der Waals surface area contributed by atoms with Gasteiger partial charge in [-0.15, -0.1) is 0 Å². The van der Waals surface area contributed by atoms with Crippen molar-refractivity contribution in [1.82, 2.24) is 9.78 Å². The molecule has 1 aromatic carbocycles. The summed E-state index contributed by atoms with van der Waals surface area (Å²) in [5.41, 5.74) is 8.25. The second-order valence-electron chi connectivity index (χ2n) is 4.07. The lowest BCUT2D eigenvalue weighted by atomic mass is 10.0. The smallest absolute Gasteiger partial charge is 0.0582 e. The highest BCUT2D eigenvalue weighted by Crippen LogP contribution is 2.20.